The fourth-order valence-corrected chi connectivity index (χ4v) is 3.00. The Morgan fingerprint density at radius 3 is 2.80 bits per heavy atom. The van der Waals surface area contributed by atoms with Crippen LogP contribution < -0.4 is 5.32 Å². The van der Waals surface area contributed by atoms with E-state index in [0.29, 0.717) is 12.5 Å². The molecule has 1 aromatic carbocycles. The first kappa shape index (κ1) is 15.6. The number of likely N-dealkylation sites (tertiary alicyclic amines) is 1. The van der Waals surface area contributed by atoms with Crippen molar-refractivity contribution in [1.82, 2.24) is 24.8 Å². The average Bonchev–Trinajstić information content (AvgIpc) is 3.14. The molecule has 3 heterocycles. The highest BCUT2D eigenvalue weighted by Gasteiger charge is 2.15. The minimum Gasteiger partial charge on any atom is -0.295 e. The molecule has 0 bridgehead atoms. The molecule has 126 valence electrons. The highest BCUT2D eigenvalue weighted by Crippen LogP contribution is 2.21. The molecule has 0 atom stereocenters. The summed E-state index contributed by atoms with van der Waals surface area (Å²) in [5, 5.41) is 3.70. The molecular weight excluding hydrogens is 316 g/mol. The molecule has 1 amide bonds. The summed E-state index contributed by atoms with van der Waals surface area (Å²) in [6.45, 7) is 2.35. The lowest BCUT2D eigenvalue weighted by Crippen LogP contribution is -2.31. The number of nitrogens with zero attached hydrogens (tertiary/aromatic N) is 5. The third kappa shape index (κ3) is 3.61. The van der Waals surface area contributed by atoms with Gasteiger partial charge in [0.1, 0.15) is 0 Å². The maximum atomic E-state index is 12.1. The van der Waals surface area contributed by atoms with Gasteiger partial charge in [-0.25, -0.2) is 9.97 Å². The third-order valence-corrected chi connectivity index (χ3v) is 4.26. The van der Waals surface area contributed by atoms with E-state index in [-0.39, 0.29) is 5.91 Å². The molecule has 0 unspecified atom stereocenters. The van der Waals surface area contributed by atoms with Crippen molar-refractivity contribution in [2.24, 2.45) is 0 Å². The number of anilines is 1. The molecule has 2 aromatic heterocycles. The van der Waals surface area contributed by atoms with Crippen LogP contribution in [0.15, 0.2) is 43.0 Å². The molecule has 1 aliphatic heterocycles. The van der Waals surface area contributed by atoms with Crippen molar-refractivity contribution in [2.45, 2.75) is 12.8 Å². The lowest BCUT2D eigenvalue weighted by Gasteiger charge is -2.13. The van der Waals surface area contributed by atoms with Crippen molar-refractivity contribution in [1.29, 1.82) is 0 Å². The Hall–Kier alpha value is -2.93. The number of fused-ring (bicyclic) bond motifs is 1. The fourth-order valence-electron chi connectivity index (χ4n) is 3.00. The van der Waals surface area contributed by atoms with E-state index in [0.717, 1.165) is 48.1 Å². The number of nitrogens with one attached hydrogen (secondary N) is 1. The Labute approximate surface area is 145 Å². The largest absolute Gasteiger partial charge is 0.295 e. The predicted octanol–water partition coefficient (Wildman–Crippen LogP) is 2.12. The number of carbonyl (C=O) groups excluding carboxylic acids is 1. The van der Waals surface area contributed by atoms with Gasteiger partial charge >= 0.3 is 0 Å². The maximum absolute atomic E-state index is 12.1. The number of carbonyl (C=O) groups is 1. The standard InChI is InChI=1S/C18H18N6O/c25-17(12-24-7-1-2-8-24)23-18-21-10-14-4-3-13(9-15(14)22-18)16-11-19-5-6-20-16/h3-6,9-11H,1-2,7-8,12H2,(H,21,22,23,25). The van der Waals surface area contributed by atoms with Crippen LogP contribution in [0.4, 0.5) is 5.95 Å². The van der Waals surface area contributed by atoms with E-state index in [1.807, 2.05) is 18.2 Å². The normalized spacial score (nSPS) is 14.7. The van der Waals surface area contributed by atoms with E-state index in [1.165, 1.54) is 0 Å². The van der Waals surface area contributed by atoms with Crippen LogP contribution in [0.1, 0.15) is 12.8 Å². The number of hydrogen-bond donors (Lipinski definition) is 1. The van der Waals surface area contributed by atoms with E-state index in [2.05, 4.69) is 30.2 Å². The molecule has 25 heavy (non-hydrogen) atoms. The summed E-state index contributed by atoms with van der Waals surface area (Å²) in [7, 11) is 0. The zero-order valence-corrected chi connectivity index (χ0v) is 13.7. The SMILES string of the molecule is O=C(CN1CCCC1)Nc1ncc2ccc(-c3cnccn3)cc2n1. The van der Waals surface area contributed by atoms with Crippen molar-refractivity contribution >= 4 is 22.8 Å². The van der Waals surface area contributed by atoms with E-state index in [4.69, 9.17) is 0 Å². The molecule has 7 heteroatoms. The quantitative estimate of drug-likeness (QED) is 0.787. The van der Waals surface area contributed by atoms with Gasteiger partial charge in [0.15, 0.2) is 0 Å². The van der Waals surface area contributed by atoms with Gasteiger partial charge in [-0.05, 0) is 32.0 Å². The number of aromatic nitrogens is 4. The molecule has 1 N–H and O–H groups in total. The molecule has 1 saturated heterocycles. The van der Waals surface area contributed by atoms with E-state index in [9.17, 15) is 4.79 Å². The summed E-state index contributed by atoms with van der Waals surface area (Å²) in [4.78, 5) is 31.4. The molecule has 7 nitrogen and oxygen atoms in total. The topological polar surface area (TPSA) is 83.9 Å². The Morgan fingerprint density at radius 2 is 2.00 bits per heavy atom. The number of hydrogen-bond acceptors (Lipinski definition) is 6. The van der Waals surface area contributed by atoms with E-state index >= 15 is 0 Å². The molecule has 0 radical (unpaired) electrons. The highest BCUT2D eigenvalue weighted by molar-refractivity contribution is 5.92. The van der Waals surface area contributed by atoms with Crippen LogP contribution in [0, 0.1) is 0 Å². The molecule has 1 fully saturated rings. The van der Waals surface area contributed by atoms with Crippen molar-refractivity contribution < 1.29 is 4.79 Å². The van der Waals surface area contributed by atoms with Gasteiger partial charge in [-0.3, -0.25) is 25.0 Å². The molecular formula is C18H18N6O. The number of rotatable bonds is 4. The minimum atomic E-state index is -0.0775. The molecule has 0 aliphatic carbocycles. The van der Waals surface area contributed by atoms with Crippen LogP contribution in [0.5, 0.6) is 0 Å². The number of benzene rings is 1. The predicted molar refractivity (Wildman–Crippen MR) is 94.9 cm³/mol. The Balaban J connectivity index is 1.55. The van der Waals surface area contributed by atoms with Crippen LogP contribution in [0.3, 0.4) is 0 Å². The zero-order valence-electron chi connectivity index (χ0n) is 13.7. The monoisotopic (exact) mass is 334 g/mol. The van der Waals surface area contributed by atoms with Crippen LogP contribution >= 0.6 is 0 Å². The highest BCUT2D eigenvalue weighted by atomic mass is 16.2. The lowest BCUT2D eigenvalue weighted by molar-refractivity contribution is -0.117. The Bertz CT molecular complexity index is 892. The van der Waals surface area contributed by atoms with Crippen LogP contribution in [0.2, 0.25) is 0 Å². The summed E-state index contributed by atoms with van der Waals surface area (Å²) in [5.74, 6) is 0.249. The second-order valence-electron chi connectivity index (χ2n) is 6.09. The average molecular weight is 334 g/mol. The maximum Gasteiger partial charge on any atom is 0.240 e. The van der Waals surface area contributed by atoms with Gasteiger partial charge in [0, 0.05) is 29.5 Å². The summed E-state index contributed by atoms with van der Waals surface area (Å²) >= 11 is 0. The van der Waals surface area contributed by atoms with Crippen LogP contribution in [-0.4, -0.2) is 50.4 Å². The number of amides is 1. The van der Waals surface area contributed by atoms with Gasteiger partial charge in [-0.2, -0.15) is 0 Å². The third-order valence-electron chi connectivity index (χ3n) is 4.26. The molecule has 1 aliphatic rings. The summed E-state index contributed by atoms with van der Waals surface area (Å²) < 4.78 is 0. The summed E-state index contributed by atoms with van der Waals surface area (Å²) in [6.07, 6.45) is 9.04. The van der Waals surface area contributed by atoms with Crippen molar-refractivity contribution in [3.05, 3.63) is 43.0 Å². The van der Waals surface area contributed by atoms with Gasteiger partial charge in [0.2, 0.25) is 11.9 Å². The van der Waals surface area contributed by atoms with E-state index < -0.39 is 0 Å². The molecule has 4 rings (SSSR count). The molecule has 0 spiro atoms. The van der Waals surface area contributed by atoms with Crippen LogP contribution in [0.25, 0.3) is 22.2 Å². The molecule has 0 saturated carbocycles. The van der Waals surface area contributed by atoms with Crippen molar-refractivity contribution in [3.8, 4) is 11.3 Å². The Morgan fingerprint density at radius 1 is 1.12 bits per heavy atom. The van der Waals surface area contributed by atoms with Gasteiger partial charge in [0.25, 0.3) is 0 Å². The van der Waals surface area contributed by atoms with Gasteiger partial charge < -0.3 is 0 Å². The lowest BCUT2D eigenvalue weighted by atomic mass is 10.1. The van der Waals surface area contributed by atoms with Crippen molar-refractivity contribution in [3.63, 3.8) is 0 Å². The van der Waals surface area contributed by atoms with E-state index in [1.54, 1.807) is 24.8 Å². The first-order valence-corrected chi connectivity index (χ1v) is 8.33. The summed E-state index contributed by atoms with van der Waals surface area (Å²) in [6, 6.07) is 5.83. The van der Waals surface area contributed by atoms with Gasteiger partial charge in [-0.15, -0.1) is 0 Å². The second-order valence-corrected chi connectivity index (χ2v) is 6.09. The zero-order chi connectivity index (χ0) is 17.1. The Kier molecular flexibility index (Phi) is 4.30. The van der Waals surface area contributed by atoms with Gasteiger partial charge in [0.05, 0.1) is 24.0 Å². The first-order chi connectivity index (χ1) is 12.3. The summed E-state index contributed by atoms with van der Waals surface area (Å²) in [5.41, 5.74) is 2.46. The molecule has 3 aromatic rings. The van der Waals surface area contributed by atoms with Gasteiger partial charge in [-0.1, -0.05) is 12.1 Å². The minimum absolute atomic E-state index is 0.0775. The smallest absolute Gasteiger partial charge is 0.240 e. The van der Waals surface area contributed by atoms with Crippen LogP contribution in [-0.2, 0) is 4.79 Å². The first-order valence-electron chi connectivity index (χ1n) is 8.33. The second kappa shape index (κ2) is 6.90. The van der Waals surface area contributed by atoms with Crippen molar-refractivity contribution in [2.75, 3.05) is 25.0 Å². The fraction of sp³-hybridized carbons (Fsp3) is 0.278.